The van der Waals surface area contributed by atoms with E-state index in [9.17, 15) is 13.2 Å². The third-order valence-corrected chi connectivity index (χ3v) is 6.05. The van der Waals surface area contributed by atoms with E-state index < -0.39 is 10.0 Å². The Kier molecular flexibility index (Phi) is 5.47. The molecular formula is C18H21N3O3S. The van der Waals surface area contributed by atoms with Gasteiger partial charge in [0.2, 0.25) is 15.9 Å². The minimum absolute atomic E-state index is 0.0921. The van der Waals surface area contributed by atoms with Crippen LogP contribution in [0.5, 0.6) is 0 Å². The Bertz CT molecular complexity index is 802. The summed E-state index contributed by atoms with van der Waals surface area (Å²) in [5.74, 6) is -0.0921. The second kappa shape index (κ2) is 7.77. The quantitative estimate of drug-likeness (QED) is 0.881. The Morgan fingerprint density at radius 3 is 2.04 bits per heavy atom. The number of rotatable bonds is 5. The van der Waals surface area contributed by atoms with Crippen LogP contribution in [0.2, 0.25) is 0 Å². The molecule has 0 radical (unpaired) electrons. The van der Waals surface area contributed by atoms with Crippen molar-refractivity contribution in [2.75, 3.05) is 38.0 Å². The van der Waals surface area contributed by atoms with Crippen molar-refractivity contribution in [1.29, 1.82) is 0 Å². The monoisotopic (exact) mass is 359 g/mol. The van der Waals surface area contributed by atoms with Crippen LogP contribution in [-0.4, -0.2) is 56.3 Å². The average molecular weight is 359 g/mol. The predicted octanol–water partition coefficient (Wildman–Crippen LogP) is 1.63. The van der Waals surface area contributed by atoms with Gasteiger partial charge in [0.05, 0.1) is 11.4 Å². The molecule has 1 aliphatic rings. The number of amides is 1. The van der Waals surface area contributed by atoms with Gasteiger partial charge in [0, 0.05) is 31.9 Å². The molecule has 1 N–H and O–H groups in total. The molecule has 132 valence electrons. The van der Waals surface area contributed by atoms with E-state index in [2.05, 4.69) is 5.32 Å². The Balaban J connectivity index is 1.53. The van der Waals surface area contributed by atoms with Crippen LogP contribution in [0, 0.1) is 0 Å². The van der Waals surface area contributed by atoms with Crippen molar-refractivity contribution in [1.82, 2.24) is 9.21 Å². The van der Waals surface area contributed by atoms with Gasteiger partial charge in [-0.25, -0.2) is 8.42 Å². The molecule has 0 spiro atoms. The Hall–Kier alpha value is -2.22. The molecule has 1 amide bonds. The molecule has 0 atom stereocenters. The van der Waals surface area contributed by atoms with Gasteiger partial charge in [0.1, 0.15) is 0 Å². The van der Waals surface area contributed by atoms with E-state index in [4.69, 9.17) is 0 Å². The Labute approximate surface area is 148 Å². The van der Waals surface area contributed by atoms with Crippen molar-refractivity contribution in [2.24, 2.45) is 0 Å². The number of nitrogens with one attached hydrogen (secondary N) is 1. The fourth-order valence-electron chi connectivity index (χ4n) is 2.79. The zero-order chi connectivity index (χ0) is 17.7. The lowest BCUT2D eigenvalue weighted by Crippen LogP contribution is -2.50. The molecule has 3 rings (SSSR count). The Morgan fingerprint density at radius 2 is 1.44 bits per heavy atom. The third-order valence-electron chi connectivity index (χ3n) is 4.14. The van der Waals surface area contributed by atoms with Gasteiger partial charge in [0.25, 0.3) is 0 Å². The van der Waals surface area contributed by atoms with Crippen LogP contribution in [0.4, 0.5) is 5.69 Å². The van der Waals surface area contributed by atoms with Gasteiger partial charge in [-0.1, -0.05) is 36.4 Å². The molecule has 1 aliphatic heterocycles. The molecule has 2 aromatic carbocycles. The van der Waals surface area contributed by atoms with E-state index in [-0.39, 0.29) is 12.5 Å². The zero-order valence-corrected chi connectivity index (χ0v) is 14.7. The topological polar surface area (TPSA) is 69.7 Å². The molecule has 1 heterocycles. The molecule has 0 unspecified atom stereocenters. The molecule has 0 aromatic heterocycles. The lowest BCUT2D eigenvalue weighted by molar-refractivity contribution is -0.117. The van der Waals surface area contributed by atoms with Crippen LogP contribution < -0.4 is 5.32 Å². The highest BCUT2D eigenvalue weighted by Gasteiger charge is 2.28. The van der Waals surface area contributed by atoms with Gasteiger partial charge in [-0.2, -0.15) is 4.31 Å². The summed E-state index contributed by atoms with van der Waals surface area (Å²) in [5, 5.41) is 2.84. The van der Waals surface area contributed by atoms with E-state index in [1.165, 1.54) is 4.31 Å². The summed E-state index contributed by atoms with van der Waals surface area (Å²) in [6.07, 6.45) is 0. The first-order valence-corrected chi connectivity index (χ1v) is 9.62. The molecule has 0 aliphatic carbocycles. The number of hydrogen-bond donors (Lipinski definition) is 1. The molecular weight excluding hydrogens is 338 g/mol. The minimum atomic E-state index is -3.46. The van der Waals surface area contributed by atoms with Crippen molar-refractivity contribution in [3.63, 3.8) is 0 Å². The fraction of sp³-hybridized carbons (Fsp3) is 0.278. The van der Waals surface area contributed by atoms with Gasteiger partial charge in [-0.3, -0.25) is 9.69 Å². The molecule has 0 bridgehead atoms. The normalized spacial score (nSPS) is 16.5. The van der Waals surface area contributed by atoms with Crippen LogP contribution in [0.15, 0.2) is 65.6 Å². The maximum Gasteiger partial charge on any atom is 0.243 e. The third kappa shape index (κ3) is 4.45. The van der Waals surface area contributed by atoms with Gasteiger partial charge in [0.15, 0.2) is 0 Å². The maximum atomic E-state index is 12.6. The lowest BCUT2D eigenvalue weighted by Gasteiger charge is -2.33. The first-order valence-electron chi connectivity index (χ1n) is 8.18. The second-order valence-corrected chi connectivity index (χ2v) is 7.85. The number of carbonyl (C=O) groups excluding carboxylic acids is 1. The average Bonchev–Trinajstić information content (AvgIpc) is 2.63. The highest BCUT2D eigenvalue weighted by Crippen LogP contribution is 2.17. The van der Waals surface area contributed by atoms with Gasteiger partial charge in [-0.15, -0.1) is 0 Å². The van der Waals surface area contributed by atoms with E-state index in [1.807, 2.05) is 35.2 Å². The number of para-hydroxylation sites is 1. The molecule has 0 saturated carbocycles. The highest BCUT2D eigenvalue weighted by atomic mass is 32.2. The summed E-state index contributed by atoms with van der Waals surface area (Å²) in [5.41, 5.74) is 0.762. The molecule has 25 heavy (non-hydrogen) atoms. The smallest absolute Gasteiger partial charge is 0.243 e. The SMILES string of the molecule is O=C(CN1CCN(S(=O)(=O)c2ccccc2)CC1)Nc1ccccc1. The fourth-order valence-corrected chi connectivity index (χ4v) is 4.24. The summed E-state index contributed by atoms with van der Waals surface area (Å²) in [6.45, 7) is 2.10. The van der Waals surface area contributed by atoms with E-state index in [0.29, 0.717) is 31.1 Å². The van der Waals surface area contributed by atoms with Crippen molar-refractivity contribution < 1.29 is 13.2 Å². The highest BCUT2D eigenvalue weighted by molar-refractivity contribution is 7.89. The number of sulfonamides is 1. The summed E-state index contributed by atoms with van der Waals surface area (Å²) < 4.78 is 26.7. The lowest BCUT2D eigenvalue weighted by atomic mass is 10.3. The van der Waals surface area contributed by atoms with Gasteiger partial charge >= 0.3 is 0 Å². The number of benzene rings is 2. The van der Waals surface area contributed by atoms with Crippen LogP contribution in [-0.2, 0) is 14.8 Å². The number of anilines is 1. The van der Waals surface area contributed by atoms with Crippen LogP contribution in [0.1, 0.15) is 0 Å². The molecule has 2 aromatic rings. The van der Waals surface area contributed by atoms with Crippen LogP contribution in [0.25, 0.3) is 0 Å². The summed E-state index contributed by atoms with van der Waals surface area (Å²) in [6, 6.07) is 17.7. The molecule has 1 fully saturated rings. The number of hydrogen-bond acceptors (Lipinski definition) is 4. The predicted molar refractivity (Wildman–Crippen MR) is 96.7 cm³/mol. The van der Waals surface area contributed by atoms with Crippen LogP contribution >= 0.6 is 0 Å². The standard InChI is InChI=1S/C18H21N3O3S/c22-18(19-16-7-3-1-4-8-16)15-20-11-13-21(14-12-20)25(23,24)17-9-5-2-6-10-17/h1-10H,11-15H2,(H,19,22). The van der Waals surface area contributed by atoms with E-state index in [1.54, 1.807) is 30.3 Å². The number of carbonyl (C=O) groups is 1. The summed E-state index contributed by atoms with van der Waals surface area (Å²) >= 11 is 0. The summed E-state index contributed by atoms with van der Waals surface area (Å²) in [4.78, 5) is 14.4. The minimum Gasteiger partial charge on any atom is -0.325 e. The van der Waals surface area contributed by atoms with E-state index in [0.717, 1.165) is 5.69 Å². The molecule has 7 heteroatoms. The Morgan fingerprint density at radius 1 is 0.880 bits per heavy atom. The van der Waals surface area contributed by atoms with Crippen molar-refractivity contribution in [3.05, 3.63) is 60.7 Å². The van der Waals surface area contributed by atoms with Crippen LogP contribution in [0.3, 0.4) is 0 Å². The van der Waals surface area contributed by atoms with Crippen molar-refractivity contribution >= 4 is 21.6 Å². The van der Waals surface area contributed by atoms with Crippen molar-refractivity contribution in [3.8, 4) is 0 Å². The van der Waals surface area contributed by atoms with Crippen molar-refractivity contribution in [2.45, 2.75) is 4.90 Å². The second-order valence-electron chi connectivity index (χ2n) is 5.91. The zero-order valence-electron chi connectivity index (χ0n) is 13.8. The first-order chi connectivity index (χ1) is 12.1. The van der Waals surface area contributed by atoms with E-state index >= 15 is 0 Å². The maximum absolute atomic E-state index is 12.6. The first kappa shape index (κ1) is 17.6. The summed E-state index contributed by atoms with van der Waals surface area (Å²) in [7, 11) is -3.46. The number of piperazine rings is 1. The molecule has 6 nitrogen and oxygen atoms in total. The molecule has 1 saturated heterocycles. The largest absolute Gasteiger partial charge is 0.325 e. The number of nitrogens with zero attached hydrogens (tertiary/aromatic N) is 2. The van der Waals surface area contributed by atoms with Gasteiger partial charge in [-0.05, 0) is 24.3 Å². The van der Waals surface area contributed by atoms with Gasteiger partial charge < -0.3 is 5.32 Å².